The number of aromatic amines is 1. The minimum absolute atomic E-state index is 0.242. The number of aryl methyl sites for hydroxylation is 1. The fraction of sp³-hybridized carbons (Fsp3) is 0.231. The van der Waals surface area contributed by atoms with E-state index >= 15 is 0 Å². The van der Waals surface area contributed by atoms with Gasteiger partial charge in [0.1, 0.15) is 23.4 Å². The lowest BCUT2D eigenvalue weighted by Gasteiger charge is -2.05. The van der Waals surface area contributed by atoms with Gasteiger partial charge in [0, 0.05) is 6.54 Å². The maximum atomic E-state index is 8.93. The Bertz CT molecular complexity index is 658. The van der Waals surface area contributed by atoms with Gasteiger partial charge in [-0.1, -0.05) is 0 Å². The number of nitrogen functional groups attached to an aromatic ring is 1. The number of rotatable bonds is 5. The maximum Gasteiger partial charge on any atom is 0.163 e. The molecule has 2 rings (SSSR count). The van der Waals surface area contributed by atoms with E-state index in [1.54, 1.807) is 18.3 Å². The molecule has 0 atom stereocenters. The summed E-state index contributed by atoms with van der Waals surface area (Å²) in [4.78, 5) is 3.97. The molecule has 2 aromatic heterocycles. The van der Waals surface area contributed by atoms with Gasteiger partial charge in [-0.25, -0.2) is 4.98 Å². The lowest BCUT2D eigenvalue weighted by atomic mass is 10.1. The number of hydrogen-bond acceptors (Lipinski definition) is 6. The first-order valence-corrected chi connectivity index (χ1v) is 6.07. The third kappa shape index (κ3) is 3.03. The highest BCUT2D eigenvalue weighted by Crippen LogP contribution is 2.13. The molecule has 7 nitrogen and oxygen atoms in total. The number of nitriles is 2. The van der Waals surface area contributed by atoms with Gasteiger partial charge in [0.25, 0.3) is 0 Å². The molecule has 0 unspecified atom stereocenters. The van der Waals surface area contributed by atoms with Crippen LogP contribution in [0.3, 0.4) is 0 Å². The largest absolute Gasteiger partial charge is 0.384 e. The number of pyridine rings is 1. The van der Waals surface area contributed by atoms with Crippen LogP contribution in [0, 0.1) is 22.7 Å². The number of aromatic nitrogens is 3. The molecular formula is C13H13N7. The molecule has 0 aliphatic carbocycles. The Morgan fingerprint density at radius 2 is 2.15 bits per heavy atom. The van der Waals surface area contributed by atoms with E-state index in [4.69, 9.17) is 16.3 Å². The summed E-state index contributed by atoms with van der Waals surface area (Å²) < 4.78 is 0. The van der Waals surface area contributed by atoms with Crippen molar-refractivity contribution in [1.82, 2.24) is 15.2 Å². The van der Waals surface area contributed by atoms with Crippen molar-refractivity contribution in [2.24, 2.45) is 0 Å². The van der Waals surface area contributed by atoms with Gasteiger partial charge >= 0.3 is 0 Å². The van der Waals surface area contributed by atoms with Gasteiger partial charge in [-0.05, 0) is 25.0 Å². The molecule has 0 saturated carbocycles. The van der Waals surface area contributed by atoms with E-state index in [2.05, 4.69) is 20.5 Å². The van der Waals surface area contributed by atoms with Crippen molar-refractivity contribution in [2.45, 2.75) is 12.8 Å². The molecule has 0 fully saturated rings. The first-order valence-electron chi connectivity index (χ1n) is 6.07. The Morgan fingerprint density at radius 1 is 1.30 bits per heavy atom. The summed E-state index contributed by atoms with van der Waals surface area (Å²) in [7, 11) is 0. The summed E-state index contributed by atoms with van der Waals surface area (Å²) >= 11 is 0. The molecule has 100 valence electrons. The highest BCUT2D eigenvalue weighted by atomic mass is 15.2. The average molecular weight is 267 g/mol. The van der Waals surface area contributed by atoms with Gasteiger partial charge in [-0.15, -0.1) is 0 Å². The zero-order valence-electron chi connectivity index (χ0n) is 10.7. The Hall–Kier alpha value is -3.06. The van der Waals surface area contributed by atoms with E-state index in [0.717, 1.165) is 24.3 Å². The van der Waals surface area contributed by atoms with E-state index in [9.17, 15) is 0 Å². The molecule has 0 amide bonds. The van der Waals surface area contributed by atoms with Crippen LogP contribution < -0.4 is 11.1 Å². The quantitative estimate of drug-likeness (QED) is 0.698. The second-order valence-corrected chi connectivity index (χ2v) is 4.15. The molecule has 0 aromatic carbocycles. The van der Waals surface area contributed by atoms with Gasteiger partial charge in [0.05, 0.1) is 17.6 Å². The fourth-order valence-corrected chi connectivity index (χ4v) is 1.76. The number of nitrogens with one attached hydrogen (secondary N) is 2. The predicted molar refractivity (Wildman–Crippen MR) is 73.5 cm³/mol. The van der Waals surface area contributed by atoms with Crippen LogP contribution in [0.25, 0.3) is 0 Å². The molecule has 20 heavy (non-hydrogen) atoms. The average Bonchev–Trinajstić information content (AvgIpc) is 2.84. The van der Waals surface area contributed by atoms with Crippen molar-refractivity contribution in [3.8, 4) is 12.1 Å². The highest BCUT2D eigenvalue weighted by molar-refractivity contribution is 5.50. The topological polar surface area (TPSA) is 127 Å². The molecule has 0 aliphatic rings. The smallest absolute Gasteiger partial charge is 0.163 e. The van der Waals surface area contributed by atoms with Crippen molar-refractivity contribution in [3.63, 3.8) is 0 Å². The lowest BCUT2D eigenvalue weighted by molar-refractivity contribution is 0.825. The van der Waals surface area contributed by atoms with E-state index in [1.165, 1.54) is 0 Å². The van der Waals surface area contributed by atoms with E-state index in [0.29, 0.717) is 17.7 Å². The molecule has 0 spiro atoms. The van der Waals surface area contributed by atoms with Gasteiger partial charge in [-0.2, -0.15) is 15.6 Å². The number of anilines is 2. The molecule has 0 radical (unpaired) electrons. The summed E-state index contributed by atoms with van der Waals surface area (Å²) in [5, 5.41) is 27.3. The van der Waals surface area contributed by atoms with Crippen LogP contribution >= 0.6 is 0 Å². The van der Waals surface area contributed by atoms with Gasteiger partial charge in [0.15, 0.2) is 5.82 Å². The highest BCUT2D eigenvalue weighted by Gasteiger charge is 2.09. The number of H-pyrrole nitrogens is 1. The first-order chi connectivity index (χ1) is 9.74. The first kappa shape index (κ1) is 13.4. The Labute approximate surface area is 116 Å². The molecule has 0 bridgehead atoms. The fourth-order valence-electron chi connectivity index (χ4n) is 1.76. The predicted octanol–water partition coefficient (Wildman–Crippen LogP) is 1.17. The van der Waals surface area contributed by atoms with Crippen LogP contribution in [-0.4, -0.2) is 21.7 Å². The maximum absolute atomic E-state index is 8.93. The monoisotopic (exact) mass is 267 g/mol. The zero-order chi connectivity index (χ0) is 14.4. The number of nitrogens with two attached hydrogens (primary N) is 1. The standard InChI is InChI=1S/C13H13N7/c14-6-9-3-4-10(8-18-9)17-5-1-2-12-11(7-15)13(16)20-19-12/h3-4,8,17H,1-2,5H2,(H3,16,19,20). The van der Waals surface area contributed by atoms with Crippen LogP contribution in [0.5, 0.6) is 0 Å². The van der Waals surface area contributed by atoms with Crippen molar-refractivity contribution in [1.29, 1.82) is 10.5 Å². The zero-order valence-corrected chi connectivity index (χ0v) is 10.7. The number of hydrogen-bond donors (Lipinski definition) is 3. The normalized spacial score (nSPS) is 9.70. The molecule has 0 aliphatic heterocycles. The Kier molecular flexibility index (Phi) is 4.15. The summed E-state index contributed by atoms with van der Waals surface area (Å²) in [5.41, 5.74) is 7.98. The Morgan fingerprint density at radius 3 is 2.80 bits per heavy atom. The van der Waals surface area contributed by atoms with Crippen molar-refractivity contribution in [2.75, 3.05) is 17.6 Å². The van der Waals surface area contributed by atoms with E-state index < -0.39 is 0 Å². The summed E-state index contributed by atoms with van der Waals surface area (Å²) in [6.45, 7) is 0.720. The number of nitrogens with zero attached hydrogens (tertiary/aromatic N) is 4. The third-order valence-electron chi connectivity index (χ3n) is 2.79. The summed E-state index contributed by atoms with van der Waals surface area (Å²) in [5.74, 6) is 0.242. The molecule has 2 heterocycles. The van der Waals surface area contributed by atoms with Crippen LogP contribution in [0.4, 0.5) is 11.5 Å². The van der Waals surface area contributed by atoms with E-state index in [1.807, 2.05) is 12.1 Å². The van der Waals surface area contributed by atoms with Crippen LogP contribution in [0.15, 0.2) is 18.3 Å². The van der Waals surface area contributed by atoms with Crippen molar-refractivity contribution in [3.05, 3.63) is 35.3 Å². The Balaban J connectivity index is 1.82. The minimum atomic E-state index is 0.242. The molecule has 2 aromatic rings. The second kappa shape index (κ2) is 6.21. The molecule has 4 N–H and O–H groups in total. The summed E-state index contributed by atoms with van der Waals surface area (Å²) in [6.07, 6.45) is 3.12. The van der Waals surface area contributed by atoms with Gasteiger partial charge in [0.2, 0.25) is 0 Å². The van der Waals surface area contributed by atoms with Crippen LogP contribution in [-0.2, 0) is 6.42 Å². The van der Waals surface area contributed by atoms with Crippen LogP contribution in [0.2, 0.25) is 0 Å². The second-order valence-electron chi connectivity index (χ2n) is 4.15. The van der Waals surface area contributed by atoms with E-state index in [-0.39, 0.29) is 5.82 Å². The van der Waals surface area contributed by atoms with Crippen molar-refractivity contribution < 1.29 is 0 Å². The summed E-state index contributed by atoms with van der Waals surface area (Å²) in [6, 6.07) is 7.47. The minimum Gasteiger partial charge on any atom is -0.384 e. The lowest BCUT2D eigenvalue weighted by Crippen LogP contribution is -2.04. The third-order valence-corrected chi connectivity index (χ3v) is 2.79. The van der Waals surface area contributed by atoms with Crippen LogP contribution in [0.1, 0.15) is 23.4 Å². The van der Waals surface area contributed by atoms with Gasteiger partial charge in [-0.3, -0.25) is 5.10 Å². The molecule has 7 heteroatoms. The SMILES string of the molecule is N#Cc1ccc(NCCCc2[nH]nc(N)c2C#N)cn1. The molecule has 0 saturated heterocycles. The van der Waals surface area contributed by atoms with Crippen molar-refractivity contribution >= 4 is 11.5 Å². The molecular weight excluding hydrogens is 254 g/mol. The van der Waals surface area contributed by atoms with Gasteiger partial charge < -0.3 is 11.1 Å².